The topological polar surface area (TPSA) is 74.8 Å². The fourth-order valence-corrected chi connectivity index (χ4v) is 1.45. The van der Waals surface area contributed by atoms with Gasteiger partial charge in [-0.05, 0) is 6.07 Å². The van der Waals surface area contributed by atoms with Crippen LogP contribution in [-0.2, 0) is 0 Å². The summed E-state index contributed by atoms with van der Waals surface area (Å²) in [5, 5.41) is 9.52. The number of hydrogen-bond acceptors (Lipinski definition) is 5. The average molecular weight is 181 g/mol. The normalized spacial score (nSPS) is 11.9. The van der Waals surface area contributed by atoms with Crippen LogP contribution in [0.5, 0.6) is 0 Å². The quantitative estimate of drug-likeness (QED) is 0.517. The number of aromatic nitrogens is 3. The molecule has 5 heteroatoms. The molecule has 0 saturated carbocycles. The van der Waals surface area contributed by atoms with Crippen molar-refractivity contribution in [2.24, 2.45) is 4.99 Å². The minimum Gasteiger partial charge on any atom is -0.236 e. The number of rotatable bonds is 0. The highest BCUT2D eigenvalue weighted by atomic mass is 15.0. The number of nitrogens with zero attached hydrogens (tertiary/aromatic N) is 5. The third-order valence-electron chi connectivity index (χ3n) is 2.03. The summed E-state index contributed by atoms with van der Waals surface area (Å²) < 4.78 is 0. The van der Waals surface area contributed by atoms with Crippen molar-refractivity contribution in [1.82, 2.24) is 15.0 Å². The van der Waals surface area contributed by atoms with Gasteiger partial charge < -0.3 is 0 Å². The van der Waals surface area contributed by atoms with Gasteiger partial charge >= 0.3 is 0 Å². The summed E-state index contributed by atoms with van der Waals surface area (Å²) in [5.41, 5.74) is 1.39. The average Bonchev–Trinajstić information content (AvgIpc) is 2.64. The summed E-state index contributed by atoms with van der Waals surface area (Å²) in [5.74, 6) is 0.792. The molecule has 2 aromatic rings. The van der Waals surface area contributed by atoms with Crippen LogP contribution in [0.25, 0.3) is 10.9 Å². The molecule has 0 radical (unpaired) electrons. The van der Waals surface area contributed by atoms with Gasteiger partial charge in [0.25, 0.3) is 0 Å². The van der Waals surface area contributed by atoms with Gasteiger partial charge in [-0.2, -0.15) is 5.26 Å². The van der Waals surface area contributed by atoms with Gasteiger partial charge in [0.1, 0.15) is 6.07 Å². The second-order valence-corrected chi connectivity index (χ2v) is 2.83. The first-order chi connectivity index (χ1) is 6.88. The maximum absolute atomic E-state index is 8.70. The third kappa shape index (κ3) is 0.769. The molecule has 0 aromatic carbocycles. The predicted molar refractivity (Wildman–Crippen MR) is 49.3 cm³/mol. The molecule has 2 aromatic heterocycles. The van der Waals surface area contributed by atoms with Gasteiger partial charge in [0.05, 0.1) is 22.8 Å². The van der Waals surface area contributed by atoms with Crippen molar-refractivity contribution in [2.75, 3.05) is 0 Å². The Morgan fingerprint density at radius 3 is 3.07 bits per heavy atom. The molecule has 0 bridgehead atoms. The van der Waals surface area contributed by atoms with Gasteiger partial charge in [0, 0.05) is 6.20 Å². The molecule has 1 aliphatic heterocycles. The smallest absolute Gasteiger partial charge is 0.233 e. The first-order valence-electron chi connectivity index (χ1n) is 3.99. The van der Waals surface area contributed by atoms with Gasteiger partial charge in [-0.15, -0.1) is 0 Å². The summed E-state index contributed by atoms with van der Waals surface area (Å²) >= 11 is 0. The SMILES string of the molecule is N#Cc1nc2c3c(nccc3n1)N=C2. The van der Waals surface area contributed by atoms with Crippen LogP contribution in [0.4, 0.5) is 5.82 Å². The number of nitriles is 1. The van der Waals surface area contributed by atoms with E-state index < -0.39 is 0 Å². The molecular weight excluding hydrogens is 178 g/mol. The first kappa shape index (κ1) is 7.09. The van der Waals surface area contributed by atoms with Crippen molar-refractivity contribution in [1.29, 1.82) is 5.26 Å². The Hall–Kier alpha value is -2.35. The van der Waals surface area contributed by atoms with Gasteiger partial charge in [0.2, 0.25) is 5.82 Å². The molecule has 0 unspecified atom stereocenters. The lowest BCUT2D eigenvalue weighted by Crippen LogP contribution is -1.94. The van der Waals surface area contributed by atoms with Crippen molar-refractivity contribution in [3.63, 3.8) is 0 Å². The van der Waals surface area contributed by atoms with E-state index in [-0.39, 0.29) is 5.82 Å². The van der Waals surface area contributed by atoms with E-state index in [0.717, 1.165) is 5.39 Å². The van der Waals surface area contributed by atoms with E-state index in [1.807, 2.05) is 6.07 Å². The molecular formula is C9H3N5. The van der Waals surface area contributed by atoms with Crippen molar-refractivity contribution in [3.8, 4) is 6.07 Å². The van der Waals surface area contributed by atoms with Crippen LogP contribution in [0.3, 0.4) is 0 Å². The van der Waals surface area contributed by atoms with E-state index in [1.54, 1.807) is 18.5 Å². The van der Waals surface area contributed by atoms with Crippen LogP contribution in [0.1, 0.15) is 11.5 Å². The Balaban J connectivity index is 2.54. The zero-order chi connectivity index (χ0) is 9.54. The molecule has 0 atom stereocenters. The lowest BCUT2D eigenvalue weighted by atomic mass is 10.2. The zero-order valence-corrected chi connectivity index (χ0v) is 6.97. The number of pyridine rings is 1. The molecule has 0 saturated heterocycles. The van der Waals surface area contributed by atoms with Gasteiger partial charge in [-0.1, -0.05) is 0 Å². The Bertz CT molecular complexity index is 608. The molecule has 0 fully saturated rings. The van der Waals surface area contributed by atoms with Crippen molar-refractivity contribution in [3.05, 3.63) is 23.8 Å². The van der Waals surface area contributed by atoms with Crippen molar-refractivity contribution < 1.29 is 0 Å². The van der Waals surface area contributed by atoms with E-state index in [1.165, 1.54) is 0 Å². The molecule has 0 spiro atoms. The summed E-state index contributed by atoms with van der Waals surface area (Å²) in [6, 6.07) is 3.66. The Labute approximate surface area is 78.8 Å². The Morgan fingerprint density at radius 1 is 1.29 bits per heavy atom. The lowest BCUT2D eigenvalue weighted by molar-refractivity contribution is 1.15. The lowest BCUT2D eigenvalue weighted by Gasteiger charge is -1.97. The van der Waals surface area contributed by atoms with Gasteiger partial charge in [0.15, 0.2) is 5.82 Å². The standard InChI is InChI=1S/C9H3N5/c10-3-7-13-5-1-2-11-9-8(5)6(14-7)4-12-9/h1-2,4H. The fourth-order valence-electron chi connectivity index (χ4n) is 1.45. The highest BCUT2D eigenvalue weighted by Gasteiger charge is 2.14. The first-order valence-corrected chi connectivity index (χ1v) is 3.99. The second-order valence-electron chi connectivity index (χ2n) is 2.83. The maximum Gasteiger partial charge on any atom is 0.233 e. The molecule has 3 heterocycles. The molecule has 0 aliphatic carbocycles. The van der Waals surface area contributed by atoms with Gasteiger partial charge in [-0.3, -0.25) is 0 Å². The van der Waals surface area contributed by atoms with Crippen LogP contribution in [0.15, 0.2) is 17.3 Å². The van der Waals surface area contributed by atoms with E-state index in [9.17, 15) is 0 Å². The summed E-state index contributed by atoms with van der Waals surface area (Å²) in [7, 11) is 0. The summed E-state index contributed by atoms with van der Waals surface area (Å²) in [6.45, 7) is 0. The Kier molecular flexibility index (Phi) is 1.18. The summed E-state index contributed by atoms with van der Waals surface area (Å²) in [4.78, 5) is 16.2. The summed E-state index contributed by atoms with van der Waals surface area (Å²) in [6.07, 6.45) is 3.23. The molecule has 0 N–H and O–H groups in total. The number of aliphatic imine (C=N–C) groups is 1. The molecule has 1 aliphatic rings. The molecule has 64 valence electrons. The highest BCUT2D eigenvalue weighted by Crippen LogP contribution is 2.28. The molecule has 0 amide bonds. The molecule has 3 rings (SSSR count). The fraction of sp³-hybridized carbons (Fsp3) is 0. The Morgan fingerprint density at radius 2 is 2.21 bits per heavy atom. The largest absolute Gasteiger partial charge is 0.236 e. The molecule has 14 heavy (non-hydrogen) atoms. The van der Waals surface area contributed by atoms with E-state index in [4.69, 9.17) is 5.26 Å². The van der Waals surface area contributed by atoms with Crippen LogP contribution >= 0.6 is 0 Å². The maximum atomic E-state index is 8.70. The predicted octanol–water partition coefficient (Wildman–Crippen LogP) is 0.960. The van der Waals surface area contributed by atoms with Crippen LogP contribution in [-0.4, -0.2) is 21.2 Å². The highest BCUT2D eigenvalue weighted by molar-refractivity contribution is 6.07. The van der Waals surface area contributed by atoms with Crippen LogP contribution in [0.2, 0.25) is 0 Å². The van der Waals surface area contributed by atoms with Crippen LogP contribution < -0.4 is 0 Å². The second kappa shape index (κ2) is 2.33. The monoisotopic (exact) mass is 181 g/mol. The van der Waals surface area contributed by atoms with Gasteiger partial charge in [-0.25, -0.2) is 19.9 Å². The van der Waals surface area contributed by atoms with Crippen molar-refractivity contribution >= 4 is 22.9 Å². The minimum absolute atomic E-state index is 0.165. The van der Waals surface area contributed by atoms with E-state index in [0.29, 0.717) is 17.0 Å². The van der Waals surface area contributed by atoms with E-state index in [2.05, 4.69) is 19.9 Å². The van der Waals surface area contributed by atoms with Crippen LogP contribution in [0, 0.1) is 11.3 Å². The minimum atomic E-state index is 0.165. The third-order valence-corrected chi connectivity index (χ3v) is 2.03. The zero-order valence-electron chi connectivity index (χ0n) is 6.97. The number of hydrogen-bond donors (Lipinski definition) is 0. The molecule has 5 nitrogen and oxygen atoms in total. The van der Waals surface area contributed by atoms with Crippen molar-refractivity contribution in [2.45, 2.75) is 0 Å². The van der Waals surface area contributed by atoms with E-state index >= 15 is 0 Å².